The Bertz CT molecular complexity index is 84.1. The quantitative estimate of drug-likeness (QED) is 0.290. The van der Waals surface area contributed by atoms with E-state index in [-0.39, 0.29) is 0 Å². The fourth-order valence-electron chi connectivity index (χ4n) is 0.164. The zero-order chi connectivity index (χ0) is 5.70. The SMILES string of the molecule is COC(C)=CC=O. The lowest BCUT2D eigenvalue weighted by atomic mass is 10.5. The van der Waals surface area contributed by atoms with E-state index in [4.69, 9.17) is 0 Å². The third kappa shape index (κ3) is 3.03. The van der Waals surface area contributed by atoms with E-state index < -0.39 is 0 Å². The van der Waals surface area contributed by atoms with Crippen LogP contribution in [0.1, 0.15) is 6.92 Å². The summed E-state index contributed by atoms with van der Waals surface area (Å²) in [7, 11) is 1.52. The molecule has 0 N–H and O–H groups in total. The average Bonchev–Trinajstić information content (AvgIpc) is 1.68. The van der Waals surface area contributed by atoms with Crippen LogP contribution in [0.4, 0.5) is 0 Å². The molecule has 7 heavy (non-hydrogen) atoms. The molecule has 40 valence electrons. The molecule has 0 fully saturated rings. The molecule has 0 bridgehead atoms. The number of hydrogen-bond acceptors (Lipinski definition) is 2. The maximum absolute atomic E-state index is 9.62. The van der Waals surface area contributed by atoms with E-state index in [1.165, 1.54) is 13.2 Å². The van der Waals surface area contributed by atoms with Crippen molar-refractivity contribution in [1.29, 1.82) is 0 Å². The highest BCUT2D eigenvalue weighted by atomic mass is 16.5. The van der Waals surface area contributed by atoms with Gasteiger partial charge >= 0.3 is 0 Å². The van der Waals surface area contributed by atoms with Gasteiger partial charge in [0.05, 0.1) is 12.9 Å². The molecule has 0 heterocycles. The third-order valence-corrected chi connectivity index (χ3v) is 0.625. The smallest absolute Gasteiger partial charge is 0.146 e. The van der Waals surface area contributed by atoms with Crippen molar-refractivity contribution in [2.24, 2.45) is 0 Å². The van der Waals surface area contributed by atoms with Gasteiger partial charge < -0.3 is 4.74 Å². The van der Waals surface area contributed by atoms with Crippen molar-refractivity contribution in [2.45, 2.75) is 6.92 Å². The number of carbonyl (C=O) groups is 1. The monoisotopic (exact) mass is 100 g/mol. The van der Waals surface area contributed by atoms with Crippen molar-refractivity contribution in [3.8, 4) is 0 Å². The predicted octanol–water partition coefficient (Wildman–Crippen LogP) is 0.736. The minimum Gasteiger partial charge on any atom is -0.501 e. The largest absolute Gasteiger partial charge is 0.501 e. The summed E-state index contributed by atoms with van der Waals surface area (Å²) in [5.41, 5.74) is 0. The number of carbonyl (C=O) groups excluding carboxylic acids is 1. The second-order valence-corrected chi connectivity index (χ2v) is 1.12. The zero-order valence-corrected chi connectivity index (χ0v) is 4.47. The van der Waals surface area contributed by atoms with Crippen LogP contribution in [0.15, 0.2) is 11.8 Å². The van der Waals surface area contributed by atoms with Gasteiger partial charge in [0.2, 0.25) is 0 Å². The summed E-state index contributed by atoms with van der Waals surface area (Å²) >= 11 is 0. The Morgan fingerprint density at radius 2 is 2.29 bits per heavy atom. The van der Waals surface area contributed by atoms with E-state index in [1.807, 2.05) is 0 Å². The molecule has 0 spiro atoms. The van der Waals surface area contributed by atoms with Gasteiger partial charge in [-0.2, -0.15) is 0 Å². The molecule has 0 aromatic carbocycles. The number of methoxy groups -OCH3 is 1. The molecule has 0 unspecified atom stereocenters. The van der Waals surface area contributed by atoms with Crippen LogP contribution in [-0.4, -0.2) is 13.4 Å². The summed E-state index contributed by atoms with van der Waals surface area (Å²) in [4.78, 5) is 9.62. The summed E-state index contributed by atoms with van der Waals surface area (Å²) < 4.78 is 4.62. The molecule has 0 amide bonds. The summed E-state index contributed by atoms with van der Waals surface area (Å²) in [5, 5.41) is 0. The molecule has 2 nitrogen and oxygen atoms in total. The maximum atomic E-state index is 9.62. The fourth-order valence-corrected chi connectivity index (χ4v) is 0.164. The van der Waals surface area contributed by atoms with Gasteiger partial charge in [-0.05, 0) is 6.92 Å². The molecule has 0 atom stereocenters. The Hall–Kier alpha value is -0.790. The van der Waals surface area contributed by atoms with Crippen molar-refractivity contribution >= 4 is 6.29 Å². The molecular formula is C5H8O2. The number of ether oxygens (including phenoxy) is 1. The minimum atomic E-state index is 0.634. The number of allylic oxidation sites excluding steroid dienone is 2. The summed E-state index contributed by atoms with van der Waals surface area (Å²) in [6.45, 7) is 1.72. The van der Waals surface area contributed by atoms with Gasteiger partial charge in [-0.15, -0.1) is 0 Å². The molecule has 0 aliphatic carbocycles. The second kappa shape index (κ2) is 3.40. The highest BCUT2D eigenvalue weighted by molar-refractivity contribution is 5.65. The Kier molecular flexibility index (Phi) is 3.02. The maximum Gasteiger partial charge on any atom is 0.146 e. The first-order valence-corrected chi connectivity index (χ1v) is 1.97. The molecule has 0 rings (SSSR count). The van der Waals surface area contributed by atoms with Gasteiger partial charge in [0.15, 0.2) is 0 Å². The van der Waals surface area contributed by atoms with E-state index in [9.17, 15) is 4.79 Å². The van der Waals surface area contributed by atoms with Gasteiger partial charge in [-0.3, -0.25) is 4.79 Å². The van der Waals surface area contributed by atoms with Gasteiger partial charge in [0.25, 0.3) is 0 Å². The van der Waals surface area contributed by atoms with E-state index in [0.717, 1.165) is 0 Å². The van der Waals surface area contributed by atoms with E-state index in [1.54, 1.807) is 6.92 Å². The number of aldehydes is 1. The van der Waals surface area contributed by atoms with Gasteiger partial charge in [0, 0.05) is 6.08 Å². The van der Waals surface area contributed by atoms with Crippen molar-refractivity contribution < 1.29 is 9.53 Å². The van der Waals surface area contributed by atoms with Gasteiger partial charge in [-0.1, -0.05) is 0 Å². The molecular weight excluding hydrogens is 92.1 g/mol. The molecule has 0 radical (unpaired) electrons. The van der Waals surface area contributed by atoms with Crippen LogP contribution in [0.3, 0.4) is 0 Å². The highest BCUT2D eigenvalue weighted by Crippen LogP contribution is 1.86. The van der Waals surface area contributed by atoms with Crippen molar-refractivity contribution in [3.05, 3.63) is 11.8 Å². The van der Waals surface area contributed by atoms with Crippen molar-refractivity contribution in [2.75, 3.05) is 7.11 Å². The zero-order valence-electron chi connectivity index (χ0n) is 4.47. The Balaban J connectivity index is 3.49. The molecule has 0 saturated carbocycles. The molecule has 0 aliphatic heterocycles. The Morgan fingerprint density at radius 1 is 1.71 bits per heavy atom. The first-order valence-electron chi connectivity index (χ1n) is 1.97. The molecule has 0 aromatic rings. The van der Waals surface area contributed by atoms with E-state index in [0.29, 0.717) is 12.0 Å². The molecule has 0 saturated heterocycles. The third-order valence-electron chi connectivity index (χ3n) is 0.625. The lowest BCUT2D eigenvalue weighted by molar-refractivity contribution is -0.104. The van der Waals surface area contributed by atoms with Crippen LogP contribution >= 0.6 is 0 Å². The van der Waals surface area contributed by atoms with Crippen LogP contribution < -0.4 is 0 Å². The number of hydrogen-bond donors (Lipinski definition) is 0. The predicted molar refractivity (Wildman–Crippen MR) is 26.8 cm³/mol. The van der Waals surface area contributed by atoms with Crippen LogP contribution in [0, 0.1) is 0 Å². The Labute approximate surface area is 42.8 Å². The fraction of sp³-hybridized carbons (Fsp3) is 0.400. The summed E-state index contributed by atoms with van der Waals surface area (Å²) in [6.07, 6.45) is 2.05. The topological polar surface area (TPSA) is 26.3 Å². The Morgan fingerprint density at radius 3 is 2.43 bits per heavy atom. The molecule has 0 aliphatic rings. The lowest BCUT2D eigenvalue weighted by Crippen LogP contribution is -1.77. The number of rotatable bonds is 2. The van der Waals surface area contributed by atoms with Crippen LogP contribution in [0.5, 0.6) is 0 Å². The lowest BCUT2D eigenvalue weighted by Gasteiger charge is -1.91. The highest BCUT2D eigenvalue weighted by Gasteiger charge is 1.76. The molecule has 2 heteroatoms. The first-order chi connectivity index (χ1) is 3.31. The van der Waals surface area contributed by atoms with Crippen LogP contribution in [0.25, 0.3) is 0 Å². The summed E-state index contributed by atoms with van der Waals surface area (Å²) in [6, 6.07) is 0. The van der Waals surface area contributed by atoms with Crippen molar-refractivity contribution in [1.82, 2.24) is 0 Å². The standard InChI is InChI=1S/C5H8O2/c1-5(7-2)3-4-6/h3-4H,1-2H3. The normalized spacial score (nSPS) is 10.9. The van der Waals surface area contributed by atoms with E-state index in [2.05, 4.69) is 4.74 Å². The van der Waals surface area contributed by atoms with Crippen LogP contribution in [0.2, 0.25) is 0 Å². The van der Waals surface area contributed by atoms with Crippen molar-refractivity contribution in [3.63, 3.8) is 0 Å². The van der Waals surface area contributed by atoms with Gasteiger partial charge in [0.1, 0.15) is 6.29 Å². The first kappa shape index (κ1) is 6.21. The molecule has 0 aromatic heterocycles. The van der Waals surface area contributed by atoms with E-state index >= 15 is 0 Å². The summed E-state index contributed by atoms with van der Waals surface area (Å²) in [5.74, 6) is 0.634. The van der Waals surface area contributed by atoms with Gasteiger partial charge in [-0.25, -0.2) is 0 Å². The minimum absolute atomic E-state index is 0.634. The van der Waals surface area contributed by atoms with Crippen LogP contribution in [-0.2, 0) is 9.53 Å². The second-order valence-electron chi connectivity index (χ2n) is 1.12. The average molecular weight is 100 g/mol.